The van der Waals surface area contributed by atoms with Gasteiger partial charge in [-0.3, -0.25) is 0 Å². The average Bonchev–Trinajstić information content (AvgIpc) is 2.46. The van der Waals surface area contributed by atoms with E-state index in [0.717, 1.165) is 12.8 Å². The summed E-state index contributed by atoms with van der Waals surface area (Å²) in [6, 6.07) is 6.57. The average molecular weight is 278 g/mol. The fourth-order valence-electron chi connectivity index (χ4n) is 1.50. The third-order valence-corrected chi connectivity index (χ3v) is 3.13. The largest absolute Gasteiger partial charge is 0.459 e. The molecular weight excluding hydrogens is 256 g/mol. The lowest BCUT2D eigenvalue weighted by atomic mass is 10.1. The Morgan fingerprint density at radius 2 is 1.25 bits per heavy atom. The van der Waals surface area contributed by atoms with Crippen molar-refractivity contribution in [2.24, 2.45) is 0 Å². The Hall–Kier alpha value is -1.84. The molecule has 4 nitrogen and oxygen atoms in total. The molecule has 1 aromatic carbocycles. The second kappa shape index (κ2) is 7.68. The molecular formula is C16H22O4. The van der Waals surface area contributed by atoms with Crippen LogP contribution in [-0.4, -0.2) is 24.1 Å². The van der Waals surface area contributed by atoms with Crippen LogP contribution in [0.2, 0.25) is 0 Å². The molecule has 0 aliphatic heterocycles. The number of ether oxygens (including phenoxy) is 2. The fourth-order valence-corrected chi connectivity index (χ4v) is 1.50. The predicted octanol–water partition coefficient (Wildman–Crippen LogP) is 3.60. The van der Waals surface area contributed by atoms with E-state index in [1.165, 1.54) is 0 Å². The van der Waals surface area contributed by atoms with Crippen molar-refractivity contribution >= 4 is 11.9 Å². The summed E-state index contributed by atoms with van der Waals surface area (Å²) in [7, 11) is 0. The van der Waals surface area contributed by atoms with Crippen molar-refractivity contribution in [1.29, 1.82) is 0 Å². The summed E-state index contributed by atoms with van der Waals surface area (Å²) in [5, 5.41) is 0. The molecule has 1 aromatic rings. The monoisotopic (exact) mass is 278 g/mol. The van der Waals surface area contributed by atoms with Gasteiger partial charge in [0.25, 0.3) is 0 Å². The van der Waals surface area contributed by atoms with E-state index in [9.17, 15) is 9.59 Å². The van der Waals surface area contributed by atoms with Gasteiger partial charge in [0.2, 0.25) is 0 Å². The topological polar surface area (TPSA) is 52.6 Å². The van der Waals surface area contributed by atoms with Crippen molar-refractivity contribution < 1.29 is 19.1 Å². The second-order valence-electron chi connectivity index (χ2n) is 4.79. The van der Waals surface area contributed by atoms with Crippen LogP contribution in [0.1, 0.15) is 61.3 Å². The zero-order valence-electron chi connectivity index (χ0n) is 12.5. The normalized spacial score (nSPS) is 13.4. The Balaban J connectivity index is 2.93. The van der Waals surface area contributed by atoms with Crippen LogP contribution in [0.15, 0.2) is 24.3 Å². The van der Waals surface area contributed by atoms with Crippen LogP contribution in [0.4, 0.5) is 0 Å². The molecule has 0 bridgehead atoms. The number of hydrogen-bond acceptors (Lipinski definition) is 4. The van der Waals surface area contributed by atoms with E-state index < -0.39 is 11.9 Å². The molecule has 2 unspecified atom stereocenters. The second-order valence-corrected chi connectivity index (χ2v) is 4.79. The van der Waals surface area contributed by atoms with Gasteiger partial charge in [-0.25, -0.2) is 9.59 Å². The quantitative estimate of drug-likeness (QED) is 0.746. The molecule has 0 saturated carbocycles. The van der Waals surface area contributed by atoms with Crippen molar-refractivity contribution in [3.63, 3.8) is 0 Å². The first-order valence-electron chi connectivity index (χ1n) is 7.00. The third kappa shape index (κ3) is 4.37. The molecule has 0 aliphatic rings. The lowest BCUT2D eigenvalue weighted by Gasteiger charge is -2.15. The Morgan fingerprint density at radius 1 is 0.900 bits per heavy atom. The van der Waals surface area contributed by atoms with Crippen LogP contribution < -0.4 is 0 Å². The minimum Gasteiger partial charge on any atom is -0.459 e. The molecule has 0 aromatic heterocycles. The molecule has 0 fully saturated rings. The van der Waals surface area contributed by atoms with Gasteiger partial charge >= 0.3 is 11.9 Å². The van der Waals surface area contributed by atoms with Crippen LogP contribution in [0, 0.1) is 0 Å². The van der Waals surface area contributed by atoms with Gasteiger partial charge in [-0.1, -0.05) is 26.0 Å². The summed E-state index contributed by atoms with van der Waals surface area (Å²) in [6.45, 7) is 7.50. The van der Waals surface area contributed by atoms with Crippen molar-refractivity contribution in [2.45, 2.75) is 52.7 Å². The minimum atomic E-state index is -0.490. The maximum Gasteiger partial charge on any atom is 0.339 e. The van der Waals surface area contributed by atoms with Crippen molar-refractivity contribution in [2.75, 3.05) is 0 Å². The lowest BCUT2D eigenvalue weighted by molar-refractivity contribution is 0.0285. The van der Waals surface area contributed by atoms with Crippen LogP contribution in [0.25, 0.3) is 0 Å². The summed E-state index contributed by atoms with van der Waals surface area (Å²) in [5.74, 6) is -0.980. The maximum absolute atomic E-state index is 12.1. The van der Waals surface area contributed by atoms with E-state index in [0.29, 0.717) is 0 Å². The first kappa shape index (κ1) is 16.2. The SMILES string of the molecule is CCC(C)OC(=O)c1ccccc1C(=O)OC(C)CC. The van der Waals surface area contributed by atoms with E-state index in [-0.39, 0.29) is 23.3 Å². The summed E-state index contributed by atoms with van der Waals surface area (Å²) in [5.41, 5.74) is 0.502. The van der Waals surface area contributed by atoms with Gasteiger partial charge in [0, 0.05) is 0 Å². The van der Waals surface area contributed by atoms with Crippen LogP contribution in [0.3, 0.4) is 0 Å². The van der Waals surface area contributed by atoms with Crippen LogP contribution >= 0.6 is 0 Å². The number of esters is 2. The number of carbonyl (C=O) groups is 2. The molecule has 2 atom stereocenters. The molecule has 0 saturated heterocycles. The predicted molar refractivity (Wildman–Crippen MR) is 76.8 cm³/mol. The molecule has 20 heavy (non-hydrogen) atoms. The van der Waals surface area contributed by atoms with Gasteiger partial charge < -0.3 is 9.47 Å². The molecule has 4 heteroatoms. The maximum atomic E-state index is 12.1. The Morgan fingerprint density at radius 3 is 1.55 bits per heavy atom. The number of rotatable bonds is 6. The van der Waals surface area contributed by atoms with Gasteiger partial charge in [-0.05, 0) is 38.8 Å². The van der Waals surface area contributed by atoms with Crippen molar-refractivity contribution in [3.05, 3.63) is 35.4 Å². The van der Waals surface area contributed by atoms with E-state index in [4.69, 9.17) is 9.47 Å². The first-order valence-corrected chi connectivity index (χ1v) is 7.00. The number of hydrogen-bond donors (Lipinski definition) is 0. The van der Waals surface area contributed by atoms with Crippen molar-refractivity contribution in [1.82, 2.24) is 0 Å². The lowest BCUT2D eigenvalue weighted by Crippen LogP contribution is -2.20. The first-order chi connectivity index (χ1) is 9.49. The summed E-state index contributed by atoms with van der Waals surface area (Å²) < 4.78 is 10.5. The zero-order valence-corrected chi connectivity index (χ0v) is 12.5. The molecule has 1 rings (SSSR count). The van der Waals surface area contributed by atoms with Crippen LogP contribution in [0.5, 0.6) is 0 Å². The van der Waals surface area contributed by atoms with Gasteiger partial charge in [0.15, 0.2) is 0 Å². The van der Waals surface area contributed by atoms with E-state index >= 15 is 0 Å². The summed E-state index contributed by atoms with van der Waals surface area (Å²) in [4.78, 5) is 24.1. The highest BCUT2D eigenvalue weighted by molar-refractivity contribution is 6.03. The summed E-state index contributed by atoms with van der Waals surface area (Å²) in [6.07, 6.45) is 1.10. The molecule has 0 amide bonds. The van der Waals surface area contributed by atoms with Gasteiger partial charge in [-0.2, -0.15) is 0 Å². The smallest absolute Gasteiger partial charge is 0.339 e. The molecule has 0 heterocycles. The van der Waals surface area contributed by atoms with E-state index in [1.54, 1.807) is 24.3 Å². The third-order valence-electron chi connectivity index (χ3n) is 3.13. The van der Waals surface area contributed by atoms with Gasteiger partial charge in [-0.15, -0.1) is 0 Å². The summed E-state index contributed by atoms with van der Waals surface area (Å²) >= 11 is 0. The fraction of sp³-hybridized carbons (Fsp3) is 0.500. The highest BCUT2D eigenvalue weighted by Gasteiger charge is 2.21. The highest BCUT2D eigenvalue weighted by atomic mass is 16.5. The molecule has 110 valence electrons. The Bertz CT molecular complexity index is 424. The molecule has 0 N–H and O–H groups in total. The van der Waals surface area contributed by atoms with Gasteiger partial charge in [0.05, 0.1) is 23.3 Å². The van der Waals surface area contributed by atoms with E-state index in [1.807, 2.05) is 27.7 Å². The van der Waals surface area contributed by atoms with Crippen molar-refractivity contribution in [3.8, 4) is 0 Å². The standard InChI is InChI=1S/C16H22O4/c1-5-11(3)19-15(17)13-9-7-8-10-14(13)16(18)20-12(4)6-2/h7-12H,5-6H2,1-4H3. The minimum absolute atomic E-state index is 0.179. The zero-order chi connectivity index (χ0) is 15.1. The van der Waals surface area contributed by atoms with E-state index in [2.05, 4.69) is 0 Å². The molecule has 0 spiro atoms. The Kier molecular flexibility index (Phi) is 6.22. The molecule has 0 radical (unpaired) electrons. The highest BCUT2D eigenvalue weighted by Crippen LogP contribution is 2.15. The van der Waals surface area contributed by atoms with Crippen LogP contribution in [-0.2, 0) is 9.47 Å². The Labute approximate surface area is 120 Å². The number of carbonyl (C=O) groups excluding carboxylic acids is 2. The number of benzene rings is 1. The van der Waals surface area contributed by atoms with Gasteiger partial charge in [0.1, 0.15) is 0 Å². The molecule has 0 aliphatic carbocycles.